The normalized spacial score (nSPS) is 14.6. The Hall–Kier alpha value is -1.53. The number of rotatable bonds is 3. The Bertz CT molecular complexity index is 671. The van der Waals surface area contributed by atoms with Crippen molar-refractivity contribution in [3.63, 3.8) is 0 Å². The maximum Gasteiger partial charge on any atom is 0.252 e. The Morgan fingerprint density at radius 2 is 2.05 bits per heavy atom. The van der Waals surface area contributed by atoms with Gasteiger partial charge in [0.1, 0.15) is 13.2 Å². The molecule has 21 heavy (non-hydrogen) atoms. The monoisotopic (exact) mass is 367 g/mol. The molecular weight excluding hydrogens is 354 g/mol. The van der Waals surface area contributed by atoms with Crippen molar-refractivity contribution >= 4 is 33.2 Å². The fourth-order valence-electron chi connectivity index (χ4n) is 2.12. The number of amides is 1. The largest absolute Gasteiger partial charge is 0.486 e. The first-order valence-corrected chi connectivity index (χ1v) is 8.25. The van der Waals surface area contributed by atoms with Crippen LogP contribution in [0, 0.1) is 0 Å². The van der Waals surface area contributed by atoms with Crippen LogP contribution < -0.4 is 14.8 Å². The van der Waals surface area contributed by atoms with Crippen molar-refractivity contribution in [2.24, 2.45) is 0 Å². The van der Waals surface area contributed by atoms with E-state index < -0.39 is 0 Å². The molecule has 0 saturated heterocycles. The molecule has 3 rings (SSSR count). The first kappa shape index (κ1) is 14.4. The lowest BCUT2D eigenvalue weighted by Gasteiger charge is -2.21. The molecule has 0 radical (unpaired) electrons. The van der Waals surface area contributed by atoms with Crippen LogP contribution in [0.1, 0.15) is 28.9 Å². The van der Waals surface area contributed by atoms with E-state index in [1.807, 2.05) is 36.6 Å². The Balaban J connectivity index is 1.73. The highest BCUT2D eigenvalue weighted by Crippen LogP contribution is 2.32. The van der Waals surface area contributed by atoms with Gasteiger partial charge in [0, 0.05) is 5.38 Å². The number of thiophene rings is 1. The summed E-state index contributed by atoms with van der Waals surface area (Å²) in [6.07, 6.45) is 0. The summed E-state index contributed by atoms with van der Waals surface area (Å²) in [6, 6.07) is 7.46. The van der Waals surface area contributed by atoms with Gasteiger partial charge in [0.15, 0.2) is 11.5 Å². The summed E-state index contributed by atoms with van der Waals surface area (Å²) in [5, 5.41) is 4.81. The van der Waals surface area contributed by atoms with Crippen molar-refractivity contribution in [3.05, 3.63) is 44.6 Å². The molecule has 1 aliphatic heterocycles. The third-order valence-electron chi connectivity index (χ3n) is 3.24. The smallest absolute Gasteiger partial charge is 0.252 e. The zero-order chi connectivity index (χ0) is 14.8. The summed E-state index contributed by atoms with van der Waals surface area (Å²) < 4.78 is 12.0. The third kappa shape index (κ3) is 3.22. The van der Waals surface area contributed by atoms with Gasteiger partial charge in [-0.3, -0.25) is 4.79 Å². The van der Waals surface area contributed by atoms with Crippen LogP contribution in [0.4, 0.5) is 0 Å². The Labute approximate surface area is 135 Å². The van der Waals surface area contributed by atoms with Crippen LogP contribution in [0.3, 0.4) is 0 Å². The number of hydrogen-bond acceptors (Lipinski definition) is 4. The maximum atomic E-state index is 12.1. The Kier molecular flexibility index (Phi) is 4.17. The molecule has 6 heteroatoms. The lowest BCUT2D eigenvalue weighted by Crippen LogP contribution is -2.26. The molecule has 1 unspecified atom stereocenters. The number of fused-ring (bicyclic) bond motifs is 1. The first-order chi connectivity index (χ1) is 10.1. The van der Waals surface area contributed by atoms with Crippen LogP contribution in [-0.4, -0.2) is 19.1 Å². The SMILES string of the molecule is CC(NC(=O)c1csc(Br)c1)c1ccc2c(c1)OCCO2. The van der Waals surface area contributed by atoms with Crippen molar-refractivity contribution in [1.82, 2.24) is 5.32 Å². The average Bonchev–Trinajstić information content (AvgIpc) is 2.93. The van der Waals surface area contributed by atoms with E-state index in [9.17, 15) is 4.79 Å². The van der Waals surface area contributed by atoms with Gasteiger partial charge in [-0.15, -0.1) is 11.3 Å². The molecule has 0 spiro atoms. The summed E-state index contributed by atoms with van der Waals surface area (Å²) in [4.78, 5) is 12.1. The summed E-state index contributed by atoms with van der Waals surface area (Å²) in [6.45, 7) is 3.08. The zero-order valence-corrected chi connectivity index (χ0v) is 13.8. The van der Waals surface area contributed by atoms with Gasteiger partial charge in [0.05, 0.1) is 15.4 Å². The van der Waals surface area contributed by atoms with Crippen LogP contribution in [0.25, 0.3) is 0 Å². The predicted octanol–water partition coefficient (Wildman–Crippen LogP) is 3.77. The molecule has 0 saturated carbocycles. The number of carbonyl (C=O) groups excluding carboxylic acids is 1. The van der Waals surface area contributed by atoms with Crippen LogP contribution in [0.5, 0.6) is 11.5 Å². The molecule has 0 bridgehead atoms. The number of carbonyl (C=O) groups is 1. The second-order valence-corrected chi connectivity index (χ2v) is 7.03. The molecule has 1 aliphatic rings. The fourth-order valence-corrected chi connectivity index (χ4v) is 3.26. The van der Waals surface area contributed by atoms with Gasteiger partial charge in [0.2, 0.25) is 0 Å². The van der Waals surface area contributed by atoms with E-state index in [0.717, 1.165) is 20.8 Å². The number of benzene rings is 1. The fraction of sp³-hybridized carbons (Fsp3) is 0.267. The topological polar surface area (TPSA) is 47.6 Å². The van der Waals surface area contributed by atoms with Crippen molar-refractivity contribution in [2.75, 3.05) is 13.2 Å². The molecular formula is C15H14BrNO3S. The summed E-state index contributed by atoms with van der Waals surface area (Å²) in [5.41, 5.74) is 1.65. The number of hydrogen-bond donors (Lipinski definition) is 1. The molecule has 1 atom stereocenters. The average molecular weight is 368 g/mol. The highest BCUT2D eigenvalue weighted by molar-refractivity contribution is 9.11. The summed E-state index contributed by atoms with van der Waals surface area (Å²) >= 11 is 4.85. The zero-order valence-electron chi connectivity index (χ0n) is 11.4. The number of halogens is 1. The van der Waals surface area contributed by atoms with Crippen LogP contribution >= 0.6 is 27.3 Å². The van der Waals surface area contributed by atoms with E-state index in [-0.39, 0.29) is 11.9 Å². The van der Waals surface area contributed by atoms with E-state index in [4.69, 9.17) is 9.47 Å². The lowest BCUT2D eigenvalue weighted by molar-refractivity contribution is 0.0940. The Morgan fingerprint density at radius 1 is 1.29 bits per heavy atom. The summed E-state index contributed by atoms with van der Waals surface area (Å²) in [7, 11) is 0. The second kappa shape index (κ2) is 6.07. The second-order valence-electron chi connectivity index (χ2n) is 4.74. The van der Waals surface area contributed by atoms with E-state index in [1.165, 1.54) is 11.3 Å². The van der Waals surface area contributed by atoms with Gasteiger partial charge in [0.25, 0.3) is 5.91 Å². The lowest BCUT2D eigenvalue weighted by atomic mass is 10.1. The minimum absolute atomic E-state index is 0.0839. The summed E-state index contributed by atoms with van der Waals surface area (Å²) in [5.74, 6) is 1.41. The van der Waals surface area contributed by atoms with Gasteiger partial charge in [-0.05, 0) is 46.6 Å². The van der Waals surface area contributed by atoms with E-state index in [2.05, 4.69) is 21.2 Å². The van der Waals surface area contributed by atoms with Crippen molar-refractivity contribution in [1.29, 1.82) is 0 Å². The molecule has 1 aromatic carbocycles. The van der Waals surface area contributed by atoms with Gasteiger partial charge in [-0.1, -0.05) is 6.07 Å². The van der Waals surface area contributed by atoms with Gasteiger partial charge >= 0.3 is 0 Å². The van der Waals surface area contributed by atoms with Crippen LogP contribution in [-0.2, 0) is 0 Å². The molecule has 2 aromatic rings. The molecule has 0 fully saturated rings. The molecule has 0 aliphatic carbocycles. The molecule has 2 heterocycles. The van der Waals surface area contributed by atoms with Gasteiger partial charge in [-0.25, -0.2) is 0 Å². The van der Waals surface area contributed by atoms with E-state index in [1.54, 1.807) is 0 Å². The van der Waals surface area contributed by atoms with Crippen LogP contribution in [0.15, 0.2) is 33.4 Å². The van der Waals surface area contributed by atoms with Gasteiger partial charge in [-0.2, -0.15) is 0 Å². The predicted molar refractivity (Wildman–Crippen MR) is 85.3 cm³/mol. The minimum Gasteiger partial charge on any atom is -0.486 e. The first-order valence-electron chi connectivity index (χ1n) is 6.58. The number of nitrogens with one attached hydrogen (secondary N) is 1. The van der Waals surface area contributed by atoms with Gasteiger partial charge < -0.3 is 14.8 Å². The maximum absolute atomic E-state index is 12.1. The number of ether oxygens (including phenoxy) is 2. The standard InChI is InChI=1S/C15H14BrNO3S/c1-9(17-15(18)11-7-14(16)21-8-11)10-2-3-12-13(6-10)20-5-4-19-12/h2-3,6-9H,4-5H2,1H3,(H,17,18). The van der Waals surface area contributed by atoms with Crippen molar-refractivity contribution in [2.45, 2.75) is 13.0 Å². The molecule has 110 valence electrons. The minimum atomic E-state index is -0.105. The van der Waals surface area contributed by atoms with E-state index >= 15 is 0 Å². The van der Waals surface area contributed by atoms with Crippen molar-refractivity contribution < 1.29 is 14.3 Å². The third-order valence-corrected chi connectivity index (χ3v) is 4.75. The molecule has 1 N–H and O–H groups in total. The molecule has 1 amide bonds. The molecule has 1 aromatic heterocycles. The van der Waals surface area contributed by atoms with Crippen molar-refractivity contribution in [3.8, 4) is 11.5 Å². The quantitative estimate of drug-likeness (QED) is 0.897. The highest BCUT2D eigenvalue weighted by atomic mass is 79.9. The van der Waals surface area contributed by atoms with Crippen LogP contribution in [0.2, 0.25) is 0 Å². The van der Waals surface area contributed by atoms with E-state index in [0.29, 0.717) is 18.8 Å². The highest BCUT2D eigenvalue weighted by Gasteiger charge is 2.16. The Morgan fingerprint density at radius 3 is 2.76 bits per heavy atom. The molecule has 4 nitrogen and oxygen atoms in total.